The molecular formula is C13H17LiN4O2. The first-order chi connectivity index (χ1) is 9.15. The number of nitrogens with zero attached hydrogens (tertiary/aromatic N) is 3. The van der Waals surface area contributed by atoms with Crippen LogP contribution in [0.25, 0.3) is 10.9 Å². The Labute approximate surface area is 128 Å². The Bertz CT molecular complexity index is 620. The molecule has 0 aliphatic carbocycles. The predicted octanol–water partition coefficient (Wildman–Crippen LogP) is 0.364. The first-order valence-corrected chi connectivity index (χ1v) is 6.30. The molecule has 20 heavy (non-hydrogen) atoms. The van der Waals surface area contributed by atoms with Gasteiger partial charge in [0.25, 0.3) is 0 Å². The van der Waals surface area contributed by atoms with E-state index in [1.807, 2.05) is 0 Å². The number of hydrogen-bond donors (Lipinski definition) is 2. The summed E-state index contributed by atoms with van der Waals surface area (Å²) in [6, 6.07) is 5.05. The minimum absolute atomic E-state index is 0. The molecule has 0 bridgehead atoms. The van der Waals surface area contributed by atoms with Crippen LogP contribution in [-0.2, 0) is 0 Å². The molecule has 1 fully saturated rings. The van der Waals surface area contributed by atoms with Gasteiger partial charge in [0.2, 0.25) is 0 Å². The summed E-state index contributed by atoms with van der Waals surface area (Å²) >= 11 is 0. The normalized spacial score (nSPS) is 16.1. The van der Waals surface area contributed by atoms with E-state index in [1.54, 1.807) is 18.2 Å². The number of carboxylic acid groups (broad SMARTS) is 1. The van der Waals surface area contributed by atoms with Gasteiger partial charge in [-0.05, 0) is 25.2 Å². The van der Waals surface area contributed by atoms with E-state index in [-0.39, 0.29) is 18.9 Å². The fraction of sp³-hybridized carbons (Fsp3) is 0.385. The summed E-state index contributed by atoms with van der Waals surface area (Å²) in [5.41, 5.74) is 1.17. The Kier molecular flexibility index (Phi) is 4.38. The van der Waals surface area contributed by atoms with E-state index >= 15 is 0 Å². The number of H-pyrrole nitrogens is 1. The van der Waals surface area contributed by atoms with Crippen LogP contribution in [0.3, 0.4) is 0 Å². The number of rotatable bonds is 2. The topological polar surface area (TPSA) is 72.5 Å². The number of fused-ring (bicyclic) bond motifs is 1. The van der Waals surface area contributed by atoms with E-state index in [1.165, 1.54) is 0 Å². The summed E-state index contributed by atoms with van der Waals surface area (Å²) < 4.78 is 0. The molecule has 2 heterocycles. The summed E-state index contributed by atoms with van der Waals surface area (Å²) in [6.07, 6.45) is 0. The molecule has 0 spiro atoms. The van der Waals surface area contributed by atoms with Crippen LogP contribution in [0.2, 0.25) is 0 Å². The van der Waals surface area contributed by atoms with E-state index < -0.39 is 5.97 Å². The van der Waals surface area contributed by atoms with Crippen LogP contribution >= 0.6 is 0 Å². The maximum atomic E-state index is 11.0. The van der Waals surface area contributed by atoms with Crippen LogP contribution in [0.5, 0.6) is 0 Å². The van der Waals surface area contributed by atoms with Gasteiger partial charge in [-0.2, -0.15) is 5.10 Å². The number of benzene rings is 1. The number of aromatic carboxylic acids is 1. The van der Waals surface area contributed by atoms with Gasteiger partial charge in [0.05, 0.1) is 11.1 Å². The number of aromatic amines is 1. The standard InChI is InChI=1S/C13H16N4O2.Li.H/c1-16-4-6-17(7-5-16)12-10-8-9(13(18)19)2-3-11(10)14-15-12;;/h2-3,8H,4-7H2,1H3,(H,14,15)(H,18,19);;. The molecule has 0 saturated carbocycles. The number of carboxylic acids is 1. The van der Waals surface area contributed by atoms with Crippen molar-refractivity contribution in [3.63, 3.8) is 0 Å². The molecule has 7 heteroatoms. The molecule has 0 amide bonds. The van der Waals surface area contributed by atoms with E-state index in [2.05, 4.69) is 27.0 Å². The van der Waals surface area contributed by atoms with Crippen molar-refractivity contribution in [2.75, 3.05) is 38.1 Å². The van der Waals surface area contributed by atoms with Crippen molar-refractivity contribution in [2.24, 2.45) is 0 Å². The second-order valence-electron chi connectivity index (χ2n) is 4.90. The molecule has 6 nitrogen and oxygen atoms in total. The van der Waals surface area contributed by atoms with Crippen LogP contribution < -0.4 is 4.90 Å². The average molecular weight is 268 g/mol. The van der Waals surface area contributed by atoms with Gasteiger partial charge < -0.3 is 14.9 Å². The van der Waals surface area contributed by atoms with Crippen LogP contribution in [0.15, 0.2) is 18.2 Å². The SMILES string of the molecule is CN1CCN(c2n[nH]c3ccc(C(=O)O)cc23)CC1.[LiH]. The van der Waals surface area contributed by atoms with Crippen LogP contribution in [-0.4, -0.2) is 78.3 Å². The van der Waals surface area contributed by atoms with E-state index in [0.717, 1.165) is 42.9 Å². The number of carbonyl (C=O) groups is 1. The number of hydrogen-bond acceptors (Lipinski definition) is 4. The van der Waals surface area contributed by atoms with Crippen LogP contribution in [0.4, 0.5) is 5.82 Å². The van der Waals surface area contributed by atoms with Gasteiger partial charge in [-0.15, -0.1) is 0 Å². The molecule has 1 aliphatic rings. The van der Waals surface area contributed by atoms with Gasteiger partial charge >= 0.3 is 24.8 Å². The maximum absolute atomic E-state index is 11.0. The monoisotopic (exact) mass is 268 g/mol. The van der Waals surface area contributed by atoms with Gasteiger partial charge in [-0.25, -0.2) is 4.79 Å². The Balaban J connectivity index is 0.00000147. The molecular weight excluding hydrogens is 251 g/mol. The third kappa shape index (κ3) is 2.68. The van der Waals surface area contributed by atoms with Gasteiger partial charge in [0, 0.05) is 31.6 Å². The first kappa shape index (κ1) is 14.9. The molecule has 1 aromatic carbocycles. The third-order valence-electron chi connectivity index (χ3n) is 3.59. The molecule has 0 unspecified atom stereocenters. The minimum atomic E-state index is -0.910. The zero-order valence-electron chi connectivity index (χ0n) is 10.8. The van der Waals surface area contributed by atoms with Crippen molar-refractivity contribution in [2.45, 2.75) is 0 Å². The second kappa shape index (κ2) is 5.88. The number of nitrogens with one attached hydrogen (secondary N) is 1. The molecule has 0 radical (unpaired) electrons. The molecule has 1 aliphatic heterocycles. The zero-order valence-corrected chi connectivity index (χ0v) is 10.8. The number of likely N-dealkylation sites (N-methyl/N-ethyl adjacent to an activating group) is 1. The molecule has 2 N–H and O–H groups in total. The fourth-order valence-corrected chi connectivity index (χ4v) is 2.39. The Morgan fingerprint density at radius 3 is 2.65 bits per heavy atom. The number of aromatic nitrogens is 2. The zero-order chi connectivity index (χ0) is 13.4. The van der Waals surface area contributed by atoms with E-state index in [9.17, 15) is 4.79 Å². The van der Waals surface area contributed by atoms with Crippen molar-refractivity contribution < 1.29 is 9.90 Å². The molecule has 1 aromatic heterocycles. The van der Waals surface area contributed by atoms with Crippen molar-refractivity contribution in [3.05, 3.63) is 23.8 Å². The van der Waals surface area contributed by atoms with Gasteiger partial charge in [0.15, 0.2) is 5.82 Å². The summed E-state index contributed by atoms with van der Waals surface area (Å²) in [4.78, 5) is 15.5. The van der Waals surface area contributed by atoms with Gasteiger partial charge in [-0.1, -0.05) is 0 Å². The fourth-order valence-electron chi connectivity index (χ4n) is 2.39. The summed E-state index contributed by atoms with van der Waals surface area (Å²) in [7, 11) is 2.10. The Morgan fingerprint density at radius 1 is 1.30 bits per heavy atom. The average Bonchev–Trinajstić information content (AvgIpc) is 2.82. The molecule has 3 rings (SSSR count). The molecule has 102 valence electrons. The van der Waals surface area contributed by atoms with Crippen LogP contribution in [0, 0.1) is 0 Å². The van der Waals surface area contributed by atoms with E-state index in [4.69, 9.17) is 5.11 Å². The number of anilines is 1. The quantitative estimate of drug-likeness (QED) is 0.770. The molecule has 0 atom stereocenters. The summed E-state index contributed by atoms with van der Waals surface area (Å²) in [5.74, 6) is -0.0568. The van der Waals surface area contributed by atoms with Crippen LogP contribution in [0.1, 0.15) is 10.4 Å². The van der Waals surface area contributed by atoms with Crippen molar-refractivity contribution in [1.29, 1.82) is 0 Å². The first-order valence-electron chi connectivity index (χ1n) is 6.30. The Hall–Kier alpha value is -1.48. The number of piperazine rings is 1. The summed E-state index contributed by atoms with van der Waals surface area (Å²) in [6.45, 7) is 3.81. The molecule has 2 aromatic rings. The second-order valence-corrected chi connectivity index (χ2v) is 4.90. The Morgan fingerprint density at radius 2 is 2.00 bits per heavy atom. The third-order valence-corrected chi connectivity index (χ3v) is 3.59. The van der Waals surface area contributed by atoms with Gasteiger partial charge in [-0.3, -0.25) is 5.10 Å². The predicted molar refractivity (Wildman–Crippen MR) is 79.9 cm³/mol. The van der Waals surface area contributed by atoms with Crippen molar-refractivity contribution >= 4 is 41.6 Å². The van der Waals surface area contributed by atoms with E-state index in [0.29, 0.717) is 5.56 Å². The van der Waals surface area contributed by atoms with Gasteiger partial charge in [0.1, 0.15) is 0 Å². The summed E-state index contributed by atoms with van der Waals surface area (Å²) in [5, 5.41) is 17.2. The van der Waals surface area contributed by atoms with Crippen molar-refractivity contribution in [1.82, 2.24) is 15.1 Å². The van der Waals surface area contributed by atoms with Crippen molar-refractivity contribution in [3.8, 4) is 0 Å². The molecule has 1 saturated heterocycles.